The van der Waals surface area contributed by atoms with Gasteiger partial charge in [0.2, 0.25) is 11.0 Å². The first kappa shape index (κ1) is 29.7. The molecule has 1 aromatic heterocycles. The van der Waals surface area contributed by atoms with Crippen LogP contribution in [0.5, 0.6) is 0 Å². The molecule has 2 aliphatic heterocycles. The van der Waals surface area contributed by atoms with Crippen molar-refractivity contribution in [2.24, 2.45) is 11.7 Å². The number of rotatable bonds is 8. The molecular weight excluding hydrogens is 580 g/mol. The van der Waals surface area contributed by atoms with Gasteiger partial charge in [-0.3, -0.25) is 24.1 Å². The lowest BCUT2D eigenvalue weighted by molar-refractivity contribution is -0.126. The van der Waals surface area contributed by atoms with Crippen LogP contribution in [0, 0.1) is 5.92 Å². The van der Waals surface area contributed by atoms with Crippen LogP contribution >= 0.6 is 34.7 Å². The average Bonchev–Trinajstić information content (AvgIpc) is 3.54. The van der Waals surface area contributed by atoms with Crippen LogP contribution in [0.3, 0.4) is 0 Å². The Labute approximate surface area is 243 Å². The van der Waals surface area contributed by atoms with Crippen LogP contribution in [-0.2, 0) is 23.9 Å². The Kier molecular flexibility index (Phi) is 9.64. The lowest BCUT2D eigenvalue weighted by atomic mass is 10.1. The number of amides is 4. The van der Waals surface area contributed by atoms with Crippen molar-refractivity contribution in [3.05, 3.63) is 57.6 Å². The molecule has 0 saturated carbocycles. The fourth-order valence-electron chi connectivity index (χ4n) is 3.79. The number of carbonyl (C=O) groups excluding carboxylic acids is 5. The fourth-order valence-corrected chi connectivity index (χ4v) is 5.64. The molecule has 0 radical (unpaired) electrons. The summed E-state index contributed by atoms with van der Waals surface area (Å²) in [5, 5.41) is -0.372. The first-order valence-electron chi connectivity index (χ1n) is 12.3. The number of cyclic esters (lactones) is 1. The molecule has 1 aromatic carbocycles. The molecule has 0 bridgehead atoms. The fraction of sp³-hybridized carbons (Fsp3) is 0.346. The van der Waals surface area contributed by atoms with Gasteiger partial charge in [-0.05, 0) is 42.3 Å². The Morgan fingerprint density at radius 3 is 2.40 bits per heavy atom. The second-order valence-electron chi connectivity index (χ2n) is 9.21. The van der Waals surface area contributed by atoms with Crippen LogP contribution in [0.15, 0.2) is 48.4 Å². The molecule has 4 rings (SSSR count). The maximum Gasteiger partial charge on any atom is 0.419 e. The Morgan fingerprint density at radius 2 is 1.80 bits per heavy atom. The predicted molar refractivity (Wildman–Crippen MR) is 152 cm³/mol. The summed E-state index contributed by atoms with van der Waals surface area (Å²) in [5.74, 6) is -1.92. The van der Waals surface area contributed by atoms with Crippen molar-refractivity contribution in [3.63, 3.8) is 0 Å². The number of hydrogen-bond acceptors (Lipinski definition) is 10. The van der Waals surface area contributed by atoms with Crippen molar-refractivity contribution in [1.82, 2.24) is 4.90 Å². The minimum Gasteiger partial charge on any atom is -0.411 e. The minimum absolute atomic E-state index is 0.0111. The Bertz CT molecular complexity index is 1340. The molecule has 40 heavy (non-hydrogen) atoms. The summed E-state index contributed by atoms with van der Waals surface area (Å²) in [6, 6.07) is 9.02. The van der Waals surface area contributed by atoms with E-state index in [1.807, 2.05) is 0 Å². The highest BCUT2D eigenvalue weighted by Gasteiger charge is 2.32. The van der Waals surface area contributed by atoms with Gasteiger partial charge in [0, 0.05) is 17.9 Å². The molecule has 2 N–H and O–H groups in total. The zero-order chi connectivity index (χ0) is 29.0. The predicted octanol–water partition coefficient (Wildman–Crippen LogP) is 3.47. The number of thioether (sulfide) groups is 1. The van der Waals surface area contributed by atoms with Gasteiger partial charge in [0.05, 0.1) is 40.4 Å². The van der Waals surface area contributed by atoms with Gasteiger partial charge in [0.25, 0.3) is 11.8 Å². The van der Waals surface area contributed by atoms with Gasteiger partial charge in [-0.15, -0.1) is 11.3 Å². The molecular formula is C26H27ClN4O7S2. The SMILES string of the molecule is CC(C)[C@H](N)C(=O)SCC(=O)N(/C=C1\CN(c2ccc(N3CCOCC3=O)cc2)C(=O)O1)C(=O)c1ccc(Cl)s1. The number of anilines is 2. The lowest BCUT2D eigenvalue weighted by Crippen LogP contribution is -2.41. The zero-order valence-corrected chi connectivity index (χ0v) is 24.1. The molecule has 2 fully saturated rings. The van der Waals surface area contributed by atoms with Crippen molar-refractivity contribution in [2.45, 2.75) is 19.9 Å². The number of imide groups is 1. The Balaban J connectivity index is 1.51. The topological polar surface area (TPSA) is 140 Å². The van der Waals surface area contributed by atoms with Gasteiger partial charge in [-0.2, -0.15) is 0 Å². The van der Waals surface area contributed by atoms with Gasteiger partial charge in [0.1, 0.15) is 12.4 Å². The highest BCUT2D eigenvalue weighted by molar-refractivity contribution is 8.14. The van der Waals surface area contributed by atoms with Crippen LogP contribution in [-0.4, -0.2) is 71.9 Å². The van der Waals surface area contributed by atoms with Gasteiger partial charge >= 0.3 is 6.09 Å². The van der Waals surface area contributed by atoms with E-state index >= 15 is 0 Å². The molecule has 0 unspecified atom stereocenters. The van der Waals surface area contributed by atoms with Crippen molar-refractivity contribution in [1.29, 1.82) is 0 Å². The molecule has 11 nitrogen and oxygen atoms in total. The second kappa shape index (κ2) is 13.0. The number of ether oxygens (including phenoxy) is 2. The average molecular weight is 607 g/mol. The summed E-state index contributed by atoms with van der Waals surface area (Å²) in [4.78, 5) is 67.4. The number of carbonyl (C=O) groups is 5. The first-order valence-corrected chi connectivity index (χ1v) is 14.5. The van der Waals surface area contributed by atoms with Crippen molar-refractivity contribution in [2.75, 3.05) is 41.9 Å². The van der Waals surface area contributed by atoms with Crippen molar-refractivity contribution < 1.29 is 33.4 Å². The Morgan fingerprint density at radius 1 is 1.12 bits per heavy atom. The molecule has 2 saturated heterocycles. The van der Waals surface area contributed by atoms with Crippen LogP contribution in [0.2, 0.25) is 4.34 Å². The van der Waals surface area contributed by atoms with Gasteiger partial charge in [-0.25, -0.2) is 9.69 Å². The number of morpholine rings is 1. The van der Waals surface area contributed by atoms with E-state index in [1.54, 1.807) is 43.0 Å². The Hall–Kier alpha value is -3.23. The van der Waals surface area contributed by atoms with E-state index in [0.717, 1.165) is 34.2 Å². The van der Waals surface area contributed by atoms with E-state index in [-0.39, 0.29) is 46.5 Å². The molecule has 212 valence electrons. The van der Waals surface area contributed by atoms with Gasteiger partial charge in [-0.1, -0.05) is 37.2 Å². The molecule has 2 aliphatic rings. The van der Waals surface area contributed by atoms with E-state index in [9.17, 15) is 24.0 Å². The van der Waals surface area contributed by atoms with Crippen LogP contribution in [0.25, 0.3) is 0 Å². The summed E-state index contributed by atoms with van der Waals surface area (Å²) < 4.78 is 10.9. The van der Waals surface area contributed by atoms with E-state index in [2.05, 4.69) is 0 Å². The highest BCUT2D eigenvalue weighted by Crippen LogP contribution is 2.28. The molecule has 4 amide bonds. The maximum atomic E-state index is 13.2. The third-order valence-corrected chi connectivity index (χ3v) is 8.25. The number of halogens is 1. The van der Waals surface area contributed by atoms with Crippen LogP contribution in [0.1, 0.15) is 23.5 Å². The van der Waals surface area contributed by atoms with Crippen LogP contribution in [0.4, 0.5) is 16.2 Å². The normalized spacial score (nSPS) is 17.4. The van der Waals surface area contributed by atoms with Crippen molar-refractivity contribution in [3.8, 4) is 0 Å². The largest absolute Gasteiger partial charge is 0.419 e. The molecule has 1 atom stereocenters. The van der Waals surface area contributed by atoms with Crippen molar-refractivity contribution >= 4 is 75.0 Å². The first-order chi connectivity index (χ1) is 19.0. The minimum atomic E-state index is -0.756. The highest BCUT2D eigenvalue weighted by atomic mass is 35.5. The standard InChI is InChI=1S/C26H27ClN4O7S2/c1-15(2)23(28)25(35)39-14-22(33)31(24(34)19-7-8-20(27)40-19)12-18-11-30(26(36)38-18)17-5-3-16(4-6-17)29-9-10-37-13-21(29)32/h3-8,12,15,23H,9-11,13-14,28H2,1-2H3/b18-12+/t23-/m0/s1. The number of nitrogens with two attached hydrogens (primary N) is 1. The van der Waals surface area contributed by atoms with E-state index in [4.69, 9.17) is 26.8 Å². The van der Waals surface area contributed by atoms with Gasteiger partial charge in [0.15, 0.2) is 0 Å². The molecule has 14 heteroatoms. The summed E-state index contributed by atoms with van der Waals surface area (Å²) in [7, 11) is 0. The lowest BCUT2D eigenvalue weighted by Gasteiger charge is -2.27. The summed E-state index contributed by atoms with van der Waals surface area (Å²) in [6.07, 6.45) is 0.456. The number of nitrogens with zero attached hydrogens (tertiary/aromatic N) is 3. The zero-order valence-electron chi connectivity index (χ0n) is 21.7. The molecule has 2 aromatic rings. The quantitative estimate of drug-likeness (QED) is 0.478. The monoisotopic (exact) mass is 606 g/mol. The number of hydrogen-bond donors (Lipinski definition) is 1. The van der Waals surface area contributed by atoms with E-state index < -0.39 is 23.9 Å². The third-order valence-electron chi connectivity index (χ3n) is 6.08. The maximum absolute atomic E-state index is 13.2. The smallest absolute Gasteiger partial charge is 0.411 e. The summed E-state index contributed by atoms with van der Waals surface area (Å²) >= 11 is 7.69. The molecule has 0 aliphatic carbocycles. The summed E-state index contributed by atoms with van der Waals surface area (Å²) in [6.45, 7) is 4.40. The number of thiophene rings is 1. The second-order valence-corrected chi connectivity index (χ2v) is 11.9. The third kappa shape index (κ3) is 6.91. The van der Waals surface area contributed by atoms with E-state index in [0.29, 0.717) is 28.9 Å². The molecule has 0 spiro atoms. The van der Waals surface area contributed by atoms with Crippen LogP contribution < -0.4 is 15.5 Å². The summed E-state index contributed by atoms with van der Waals surface area (Å²) in [5.41, 5.74) is 7.04. The van der Waals surface area contributed by atoms with Gasteiger partial charge < -0.3 is 20.1 Å². The molecule has 3 heterocycles. The number of benzene rings is 1. The van der Waals surface area contributed by atoms with E-state index in [1.165, 1.54) is 17.0 Å².